The number of hydrogen-bond acceptors (Lipinski definition) is 7. The number of aliphatic hydroxyl groups excluding tert-OH is 3. The molecule has 0 unspecified atom stereocenters. The highest BCUT2D eigenvalue weighted by Crippen LogP contribution is 2.21. The summed E-state index contributed by atoms with van der Waals surface area (Å²) in [5.41, 5.74) is -1.55. The lowest BCUT2D eigenvalue weighted by atomic mass is 10.0. The molecule has 9 heteroatoms. The van der Waals surface area contributed by atoms with Crippen LogP contribution in [0.5, 0.6) is 0 Å². The van der Waals surface area contributed by atoms with E-state index < -0.39 is 35.8 Å². The van der Waals surface area contributed by atoms with E-state index in [9.17, 15) is 24.9 Å². The summed E-state index contributed by atoms with van der Waals surface area (Å²) in [7, 11) is 0. The highest BCUT2D eigenvalue weighted by atomic mass is 16.5. The summed E-state index contributed by atoms with van der Waals surface area (Å²) in [6, 6.07) is 0. The van der Waals surface area contributed by atoms with Gasteiger partial charge in [-0.2, -0.15) is 9.78 Å². The van der Waals surface area contributed by atoms with E-state index in [2.05, 4.69) is 5.10 Å². The molecule has 4 N–H and O–H groups in total. The van der Waals surface area contributed by atoms with Crippen molar-refractivity contribution in [1.82, 2.24) is 14.8 Å². The van der Waals surface area contributed by atoms with Crippen molar-refractivity contribution in [3.05, 3.63) is 27.0 Å². The van der Waals surface area contributed by atoms with Crippen molar-refractivity contribution in [3.8, 4) is 0 Å². The molecule has 2 heterocycles. The van der Waals surface area contributed by atoms with Crippen LogP contribution in [-0.2, 0) is 4.74 Å². The monoisotopic (exact) mass is 245 g/mol. The number of nitrogens with zero attached hydrogens (tertiary/aromatic N) is 2. The molecule has 0 aromatic carbocycles. The molecule has 0 saturated carbocycles. The van der Waals surface area contributed by atoms with Crippen molar-refractivity contribution in [2.75, 3.05) is 6.61 Å². The maximum atomic E-state index is 11.4. The highest BCUT2D eigenvalue weighted by molar-refractivity contribution is 4.85. The van der Waals surface area contributed by atoms with E-state index in [1.807, 2.05) is 4.98 Å². The van der Waals surface area contributed by atoms with Gasteiger partial charge in [-0.15, -0.1) is 0 Å². The number of aromatic nitrogens is 3. The molecule has 1 aromatic heterocycles. The minimum atomic E-state index is -1.52. The summed E-state index contributed by atoms with van der Waals surface area (Å²) in [5.74, 6) is 0. The highest BCUT2D eigenvalue weighted by Gasteiger charge is 2.39. The molecule has 0 aliphatic carbocycles. The van der Waals surface area contributed by atoms with Gasteiger partial charge in [0, 0.05) is 0 Å². The Kier molecular flexibility index (Phi) is 3.07. The van der Waals surface area contributed by atoms with Crippen molar-refractivity contribution in [2.24, 2.45) is 0 Å². The van der Waals surface area contributed by atoms with Gasteiger partial charge in [0.05, 0.1) is 6.61 Å². The third kappa shape index (κ3) is 2.13. The maximum absolute atomic E-state index is 11.4. The zero-order chi connectivity index (χ0) is 12.6. The zero-order valence-corrected chi connectivity index (χ0v) is 8.55. The van der Waals surface area contributed by atoms with Gasteiger partial charge >= 0.3 is 5.69 Å². The minimum absolute atomic E-state index is 0.254. The Morgan fingerprint density at radius 2 is 2.06 bits per heavy atom. The molecule has 1 aliphatic rings. The Balaban J connectivity index is 2.34. The predicted octanol–water partition coefficient (Wildman–Crippen LogP) is -3.46. The smallest absolute Gasteiger partial charge is 0.347 e. The number of H-pyrrole nitrogens is 1. The van der Waals surface area contributed by atoms with Crippen LogP contribution >= 0.6 is 0 Å². The molecule has 1 saturated heterocycles. The molecular formula is C8H11N3O6. The van der Waals surface area contributed by atoms with Crippen LogP contribution in [0.25, 0.3) is 0 Å². The van der Waals surface area contributed by atoms with Gasteiger partial charge in [0.1, 0.15) is 24.5 Å². The molecule has 0 radical (unpaired) electrons. The van der Waals surface area contributed by atoms with Gasteiger partial charge < -0.3 is 20.1 Å². The van der Waals surface area contributed by atoms with E-state index in [1.165, 1.54) is 0 Å². The Bertz CT molecular complexity index is 510. The number of aliphatic hydroxyl groups is 3. The topological polar surface area (TPSA) is 138 Å². The van der Waals surface area contributed by atoms with Crippen LogP contribution in [0.3, 0.4) is 0 Å². The largest absolute Gasteiger partial charge is 0.388 e. The van der Waals surface area contributed by atoms with Crippen molar-refractivity contribution in [3.63, 3.8) is 0 Å². The fourth-order valence-electron chi connectivity index (χ4n) is 1.55. The summed E-state index contributed by atoms with van der Waals surface area (Å²) >= 11 is 0. The summed E-state index contributed by atoms with van der Waals surface area (Å²) in [5, 5.41) is 31.8. The number of nitrogens with one attached hydrogen (secondary N) is 1. The second kappa shape index (κ2) is 4.37. The molecule has 1 aromatic rings. The first kappa shape index (κ1) is 11.9. The molecule has 4 atom stereocenters. The van der Waals surface area contributed by atoms with Gasteiger partial charge in [-0.1, -0.05) is 0 Å². The Labute approximate surface area is 93.9 Å². The molecule has 1 fully saturated rings. The van der Waals surface area contributed by atoms with Crippen LogP contribution in [0.4, 0.5) is 0 Å². The number of hydrogen-bond donors (Lipinski definition) is 4. The van der Waals surface area contributed by atoms with Crippen molar-refractivity contribution in [2.45, 2.75) is 24.5 Å². The molecule has 9 nitrogen and oxygen atoms in total. The fourth-order valence-corrected chi connectivity index (χ4v) is 1.55. The van der Waals surface area contributed by atoms with Gasteiger partial charge in [-0.25, -0.2) is 4.79 Å². The van der Waals surface area contributed by atoms with Crippen molar-refractivity contribution in [1.29, 1.82) is 0 Å². The first-order chi connectivity index (χ1) is 8.00. The van der Waals surface area contributed by atoms with Gasteiger partial charge in [-0.3, -0.25) is 9.78 Å². The van der Waals surface area contributed by atoms with E-state index in [1.54, 1.807) is 0 Å². The molecule has 17 heavy (non-hydrogen) atoms. The van der Waals surface area contributed by atoms with Gasteiger partial charge in [0.15, 0.2) is 6.23 Å². The SMILES string of the molecule is O=c1cnn([C@@H]2OC[C@H](O)[C@H](O)[C@H]2O)c(=O)[nH]1. The van der Waals surface area contributed by atoms with E-state index in [4.69, 9.17) is 4.74 Å². The minimum Gasteiger partial charge on any atom is -0.388 e. The summed E-state index contributed by atoms with van der Waals surface area (Å²) in [6.07, 6.45) is -4.61. The quantitative estimate of drug-likeness (QED) is 0.403. The third-order valence-electron chi connectivity index (χ3n) is 2.45. The van der Waals surface area contributed by atoms with Crippen LogP contribution in [0.15, 0.2) is 15.8 Å². The van der Waals surface area contributed by atoms with E-state index in [-0.39, 0.29) is 6.61 Å². The van der Waals surface area contributed by atoms with Crippen LogP contribution in [0.2, 0.25) is 0 Å². The lowest BCUT2D eigenvalue weighted by molar-refractivity contribution is -0.215. The molecule has 0 spiro atoms. The standard InChI is InChI=1S/C8H11N3O6/c12-3-2-17-7(6(15)5(3)14)11-8(16)10-4(13)1-9-11/h1,3,5-7,12,14-15H,2H2,(H,10,13,16)/t3-,5-,6+,7+/m0/s1. The molecule has 0 amide bonds. The van der Waals surface area contributed by atoms with E-state index in [0.29, 0.717) is 4.68 Å². The Morgan fingerprint density at radius 1 is 1.35 bits per heavy atom. The molecule has 2 rings (SSSR count). The maximum Gasteiger partial charge on any atom is 0.347 e. The van der Waals surface area contributed by atoms with Crippen molar-refractivity contribution < 1.29 is 20.1 Å². The van der Waals surface area contributed by atoms with Crippen LogP contribution in [-0.4, -0.2) is 55.0 Å². The fraction of sp³-hybridized carbons (Fsp3) is 0.625. The Hall–Kier alpha value is -1.55. The molecule has 0 bridgehead atoms. The lowest BCUT2D eigenvalue weighted by Gasteiger charge is -2.34. The first-order valence-corrected chi connectivity index (χ1v) is 4.84. The normalized spacial score (nSPS) is 33.6. The average Bonchev–Trinajstić information content (AvgIpc) is 2.28. The van der Waals surface area contributed by atoms with Gasteiger partial charge in [0.2, 0.25) is 0 Å². The molecule has 94 valence electrons. The van der Waals surface area contributed by atoms with Crippen LogP contribution in [0, 0.1) is 0 Å². The van der Waals surface area contributed by atoms with Crippen LogP contribution in [0.1, 0.15) is 6.23 Å². The Morgan fingerprint density at radius 3 is 2.71 bits per heavy atom. The average molecular weight is 245 g/mol. The predicted molar refractivity (Wildman–Crippen MR) is 52.1 cm³/mol. The summed E-state index contributed by atoms with van der Waals surface area (Å²) < 4.78 is 5.69. The zero-order valence-electron chi connectivity index (χ0n) is 8.55. The molecule has 1 aliphatic heterocycles. The number of ether oxygens (including phenoxy) is 1. The number of rotatable bonds is 1. The first-order valence-electron chi connectivity index (χ1n) is 4.84. The van der Waals surface area contributed by atoms with E-state index >= 15 is 0 Å². The molecular weight excluding hydrogens is 234 g/mol. The second-order valence-electron chi connectivity index (χ2n) is 3.66. The number of aromatic amines is 1. The van der Waals surface area contributed by atoms with Crippen LogP contribution < -0.4 is 11.2 Å². The lowest BCUT2D eigenvalue weighted by Crippen LogP contribution is -2.53. The third-order valence-corrected chi connectivity index (χ3v) is 2.45. The van der Waals surface area contributed by atoms with Gasteiger partial charge in [-0.05, 0) is 0 Å². The summed E-state index contributed by atoms with van der Waals surface area (Å²) in [6.45, 7) is -0.254. The van der Waals surface area contributed by atoms with E-state index in [0.717, 1.165) is 6.20 Å². The second-order valence-corrected chi connectivity index (χ2v) is 3.66. The van der Waals surface area contributed by atoms with Crippen molar-refractivity contribution >= 4 is 0 Å². The summed E-state index contributed by atoms with van der Waals surface area (Å²) in [4.78, 5) is 24.1. The van der Waals surface area contributed by atoms with Gasteiger partial charge in [0.25, 0.3) is 5.56 Å².